The van der Waals surface area contributed by atoms with Gasteiger partial charge in [-0.25, -0.2) is 14.8 Å². The Hall–Kier alpha value is -3.04. The molecule has 1 amide bonds. The summed E-state index contributed by atoms with van der Waals surface area (Å²) in [6, 6.07) is 2.45. The smallest absolute Gasteiger partial charge is 0.387 e. The lowest BCUT2D eigenvalue weighted by Crippen LogP contribution is -2.25. The second-order valence-corrected chi connectivity index (χ2v) is 4.39. The minimum Gasteiger partial charge on any atom is -0.461 e. The Balaban J connectivity index is 1.96. The molecule has 0 radical (unpaired) electrons. The molecule has 0 fully saturated rings. The number of amides is 1. The average Bonchev–Trinajstić information content (AvgIpc) is 3.01. The van der Waals surface area contributed by atoms with Crippen LogP contribution in [-0.2, 0) is 11.3 Å². The summed E-state index contributed by atoms with van der Waals surface area (Å²) in [6.07, 6.45) is 2.32. The molecule has 2 N–H and O–H groups in total. The summed E-state index contributed by atoms with van der Waals surface area (Å²) < 4.78 is 33.1. The first kappa shape index (κ1) is 17.3. The molecular formula is C14H14F2N4O4. The Kier molecular flexibility index (Phi) is 5.77. The molecule has 0 saturated carbocycles. The highest BCUT2D eigenvalue weighted by Gasteiger charge is 2.17. The molecule has 2 aromatic heterocycles. The molecule has 0 saturated heterocycles. The second-order valence-electron chi connectivity index (χ2n) is 4.39. The van der Waals surface area contributed by atoms with Crippen LogP contribution in [0, 0.1) is 0 Å². The number of esters is 1. The minimum atomic E-state index is -2.96. The zero-order chi connectivity index (χ0) is 17.5. The summed E-state index contributed by atoms with van der Waals surface area (Å²) in [4.78, 5) is 33.9. The maximum atomic E-state index is 12.0. The predicted octanol–water partition coefficient (Wildman–Crippen LogP) is 1.51. The standard InChI is InChI=1S/C14H14F2N4O4/c1-2-23-13(22)11-10(19-7-20-11)6-18-12(21)9-4-3-8(5-17-9)24-14(15)16/h3-5,7,14H,2,6H2,1H3,(H,18,21)(H,19,20). The fourth-order valence-corrected chi connectivity index (χ4v) is 1.78. The molecule has 0 bridgehead atoms. The van der Waals surface area contributed by atoms with E-state index >= 15 is 0 Å². The number of ether oxygens (including phenoxy) is 2. The number of nitrogens with zero attached hydrogens (tertiary/aromatic N) is 2. The Morgan fingerprint density at radius 1 is 1.33 bits per heavy atom. The van der Waals surface area contributed by atoms with Crippen LogP contribution < -0.4 is 10.1 Å². The van der Waals surface area contributed by atoms with Crippen molar-refractivity contribution < 1.29 is 27.8 Å². The van der Waals surface area contributed by atoms with E-state index in [2.05, 4.69) is 25.0 Å². The highest BCUT2D eigenvalue weighted by atomic mass is 19.3. The van der Waals surface area contributed by atoms with Crippen LogP contribution in [0.25, 0.3) is 0 Å². The van der Waals surface area contributed by atoms with Gasteiger partial charge < -0.3 is 19.8 Å². The van der Waals surface area contributed by atoms with Gasteiger partial charge in [0.25, 0.3) is 5.91 Å². The van der Waals surface area contributed by atoms with Crippen LogP contribution >= 0.6 is 0 Å². The largest absolute Gasteiger partial charge is 0.461 e. The predicted molar refractivity (Wildman–Crippen MR) is 76.6 cm³/mol. The Bertz CT molecular complexity index is 703. The van der Waals surface area contributed by atoms with Crippen LogP contribution in [0.1, 0.15) is 33.6 Å². The third-order valence-electron chi connectivity index (χ3n) is 2.81. The fourth-order valence-electron chi connectivity index (χ4n) is 1.78. The molecule has 10 heteroatoms. The first-order valence-electron chi connectivity index (χ1n) is 6.89. The van der Waals surface area contributed by atoms with Crippen molar-refractivity contribution in [2.75, 3.05) is 6.61 Å². The van der Waals surface area contributed by atoms with E-state index in [1.807, 2.05) is 0 Å². The Morgan fingerprint density at radius 3 is 2.75 bits per heavy atom. The molecule has 2 heterocycles. The normalized spacial score (nSPS) is 10.5. The zero-order valence-corrected chi connectivity index (χ0v) is 12.6. The zero-order valence-electron chi connectivity index (χ0n) is 12.6. The first-order chi connectivity index (χ1) is 11.5. The number of aromatic amines is 1. The number of alkyl halides is 2. The number of pyridine rings is 1. The van der Waals surface area contributed by atoms with Gasteiger partial charge >= 0.3 is 12.6 Å². The van der Waals surface area contributed by atoms with E-state index in [4.69, 9.17) is 4.74 Å². The van der Waals surface area contributed by atoms with Gasteiger partial charge in [-0.3, -0.25) is 4.79 Å². The maximum Gasteiger partial charge on any atom is 0.387 e. The van der Waals surface area contributed by atoms with E-state index in [-0.39, 0.29) is 30.3 Å². The molecule has 0 aliphatic heterocycles. The topological polar surface area (TPSA) is 106 Å². The summed E-state index contributed by atoms with van der Waals surface area (Å²) in [7, 11) is 0. The minimum absolute atomic E-state index is 0.00816. The molecule has 0 aromatic carbocycles. The van der Waals surface area contributed by atoms with Gasteiger partial charge in [0, 0.05) is 0 Å². The number of rotatable bonds is 7. The number of imidazole rings is 1. The van der Waals surface area contributed by atoms with Gasteiger partial charge in [0.05, 0.1) is 31.4 Å². The average molecular weight is 340 g/mol. The van der Waals surface area contributed by atoms with E-state index in [0.717, 1.165) is 6.20 Å². The van der Waals surface area contributed by atoms with Crippen molar-refractivity contribution in [2.45, 2.75) is 20.1 Å². The summed E-state index contributed by atoms with van der Waals surface area (Å²) in [5.74, 6) is -1.31. The third kappa shape index (κ3) is 4.48. The summed E-state index contributed by atoms with van der Waals surface area (Å²) in [6.45, 7) is -1.11. The number of hydrogen-bond donors (Lipinski definition) is 2. The molecular weight excluding hydrogens is 326 g/mol. The molecule has 24 heavy (non-hydrogen) atoms. The SMILES string of the molecule is CCOC(=O)c1nc[nH]c1CNC(=O)c1ccc(OC(F)F)cn1. The molecule has 2 rings (SSSR count). The van der Waals surface area contributed by atoms with E-state index in [0.29, 0.717) is 5.69 Å². The van der Waals surface area contributed by atoms with Crippen LogP contribution in [0.2, 0.25) is 0 Å². The molecule has 8 nitrogen and oxygen atoms in total. The second kappa shape index (κ2) is 7.99. The van der Waals surface area contributed by atoms with Crippen molar-refractivity contribution in [1.29, 1.82) is 0 Å². The van der Waals surface area contributed by atoms with E-state index in [9.17, 15) is 18.4 Å². The summed E-state index contributed by atoms with van der Waals surface area (Å²) >= 11 is 0. The van der Waals surface area contributed by atoms with Gasteiger partial charge in [-0.05, 0) is 19.1 Å². The van der Waals surface area contributed by atoms with Crippen molar-refractivity contribution >= 4 is 11.9 Å². The van der Waals surface area contributed by atoms with Crippen LogP contribution in [0.3, 0.4) is 0 Å². The molecule has 2 aromatic rings. The van der Waals surface area contributed by atoms with E-state index in [1.165, 1.54) is 18.5 Å². The van der Waals surface area contributed by atoms with E-state index in [1.54, 1.807) is 6.92 Å². The summed E-state index contributed by atoms with van der Waals surface area (Å²) in [5.41, 5.74) is 0.457. The number of nitrogens with one attached hydrogen (secondary N) is 2. The lowest BCUT2D eigenvalue weighted by Gasteiger charge is -2.07. The number of H-pyrrole nitrogens is 1. The van der Waals surface area contributed by atoms with Crippen LogP contribution in [-0.4, -0.2) is 40.0 Å². The summed E-state index contributed by atoms with van der Waals surface area (Å²) in [5, 5.41) is 2.53. The molecule has 0 atom stereocenters. The Labute approximate surface area is 135 Å². The van der Waals surface area contributed by atoms with Gasteiger partial charge in [-0.15, -0.1) is 0 Å². The molecule has 0 unspecified atom stereocenters. The number of carbonyl (C=O) groups excluding carboxylic acids is 2. The third-order valence-corrected chi connectivity index (χ3v) is 2.81. The highest BCUT2D eigenvalue weighted by molar-refractivity contribution is 5.92. The highest BCUT2D eigenvalue weighted by Crippen LogP contribution is 2.12. The molecule has 0 aliphatic rings. The molecule has 128 valence electrons. The van der Waals surface area contributed by atoms with Crippen LogP contribution in [0.4, 0.5) is 8.78 Å². The van der Waals surface area contributed by atoms with Crippen LogP contribution in [0.15, 0.2) is 24.7 Å². The number of carbonyl (C=O) groups is 2. The number of aromatic nitrogens is 3. The quantitative estimate of drug-likeness (QED) is 0.740. The van der Waals surface area contributed by atoms with Crippen molar-refractivity contribution in [1.82, 2.24) is 20.3 Å². The van der Waals surface area contributed by atoms with Gasteiger partial charge in [0.15, 0.2) is 5.69 Å². The number of halogens is 2. The van der Waals surface area contributed by atoms with Crippen molar-refractivity contribution in [3.8, 4) is 5.75 Å². The lowest BCUT2D eigenvalue weighted by atomic mass is 10.3. The first-order valence-corrected chi connectivity index (χ1v) is 6.89. The van der Waals surface area contributed by atoms with Gasteiger partial charge in [0.1, 0.15) is 11.4 Å². The van der Waals surface area contributed by atoms with E-state index < -0.39 is 18.5 Å². The molecule has 0 spiro atoms. The van der Waals surface area contributed by atoms with Crippen molar-refractivity contribution in [3.05, 3.63) is 41.7 Å². The monoisotopic (exact) mass is 340 g/mol. The van der Waals surface area contributed by atoms with Crippen molar-refractivity contribution in [2.24, 2.45) is 0 Å². The number of hydrogen-bond acceptors (Lipinski definition) is 6. The maximum absolute atomic E-state index is 12.0. The van der Waals surface area contributed by atoms with Crippen LogP contribution in [0.5, 0.6) is 5.75 Å². The fraction of sp³-hybridized carbons (Fsp3) is 0.286. The van der Waals surface area contributed by atoms with Gasteiger partial charge in [-0.2, -0.15) is 8.78 Å². The Morgan fingerprint density at radius 2 is 2.12 bits per heavy atom. The van der Waals surface area contributed by atoms with Gasteiger partial charge in [-0.1, -0.05) is 0 Å². The lowest BCUT2D eigenvalue weighted by molar-refractivity contribution is -0.0500. The van der Waals surface area contributed by atoms with Crippen molar-refractivity contribution in [3.63, 3.8) is 0 Å². The van der Waals surface area contributed by atoms with Gasteiger partial charge in [0.2, 0.25) is 0 Å². The molecule has 0 aliphatic carbocycles.